The number of nitrogens with one attached hydrogen (secondary N) is 1. The Labute approximate surface area is 115 Å². The largest absolute Gasteiger partial charge is 0.377 e. The average Bonchev–Trinajstić information content (AvgIpc) is 3.24. The number of carbonyl (C=O) groups is 1. The standard InChI is InChI=1S/C15H26N2O2/c18-15(16-13-6-7-13)12-4-3-8-17(10-12)11-14-5-1-2-9-19-14/h12-14H,1-11H2,(H,16,18)/t12-,14+/m1/s1. The summed E-state index contributed by atoms with van der Waals surface area (Å²) in [7, 11) is 0. The SMILES string of the molecule is O=C(NC1CC1)[C@@H]1CCCN(C[C@@H]2CCCCO2)C1. The van der Waals surface area contributed by atoms with Crippen LogP contribution in [0.2, 0.25) is 0 Å². The summed E-state index contributed by atoms with van der Waals surface area (Å²) in [5.74, 6) is 0.495. The van der Waals surface area contributed by atoms with E-state index < -0.39 is 0 Å². The van der Waals surface area contributed by atoms with Crippen molar-refractivity contribution < 1.29 is 9.53 Å². The highest BCUT2D eigenvalue weighted by Gasteiger charge is 2.31. The van der Waals surface area contributed by atoms with Gasteiger partial charge in [0, 0.05) is 25.7 Å². The molecular formula is C15H26N2O2. The van der Waals surface area contributed by atoms with Crippen LogP contribution in [0.25, 0.3) is 0 Å². The van der Waals surface area contributed by atoms with Gasteiger partial charge < -0.3 is 10.1 Å². The Hall–Kier alpha value is -0.610. The van der Waals surface area contributed by atoms with Crippen LogP contribution < -0.4 is 5.32 Å². The molecule has 19 heavy (non-hydrogen) atoms. The predicted molar refractivity (Wildman–Crippen MR) is 73.9 cm³/mol. The van der Waals surface area contributed by atoms with Crippen LogP contribution in [-0.2, 0) is 9.53 Å². The van der Waals surface area contributed by atoms with Gasteiger partial charge in [-0.05, 0) is 51.5 Å². The van der Waals surface area contributed by atoms with Crippen LogP contribution in [0.3, 0.4) is 0 Å². The summed E-state index contributed by atoms with van der Waals surface area (Å²) in [6.45, 7) is 4.00. The molecule has 0 aromatic rings. The summed E-state index contributed by atoms with van der Waals surface area (Å²) in [6.07, 6.45) is 8.66. The van der Waals surface area contributed by atoms with Crippen molar-refractivity contribution in [1.82, 2.24) is 10.2 Å². The lowest BCUT2D eigenvalue weighted by Gasteiger charge is -2.35. The molecule has 0 aromatic heterocycles. The second-order valence-electron chi connectivity index (χ2n) is 6.37. The topological polar surface area (TPSA) is 41.6 Å². The van der Waals surface area contributed by atoms with E-state index >= 15 is 0 Å². The van der Waals surface area contributed by atoms with Crippen molar-refractivity contribution in [3.63, 3.8) is 0 Å². The fourth-order valence-electron chi connectivity index (χ4n) is 3.22. The first-order chi connectivity index (χ1) is 9.31. The van der Waals surface area contributed by atoms with Crippen molar-refractivity contribution >= 4 is 5.91 Å². The quantitative estimate of drug-likeness (QED) is 0.839. The fourth-order valence-corrected chi connectivity index (χ4v) is 3.22. The van der Waals surface area contributed by atoms with Gasteiger partial charge in [0.25, 0.3) is 0 Å². The van der Waals surface area contributed by atoms with Gasteiger partial charge in [0.05, 0.1) is 12.0 Å². The van der Waals surface area contributed by atoms with Crippen molar-refractivity contribution in [1.29, 1.82) is 0 Å². The van der Waals surface area contributed by atoms with Gasteiger partial charge in [-0.15, -0.1) is 0 Å². The molecule has 108 valence electrons. The number of hydrogen-bond acceptors (Lipinski definition) is 3. The monoisotopic (exact) mass is 266 g/mol. The number of piperidine rings is 1. The van der Waals surface area contributed by atoms with E-state index in [0.29, 0.717) is 12.1 Å². The van der Waals surface area contributed by atoms with Crippen molar-refractivity contribution in [2.45, 2.75) is 57.1 Å². The number of carbonyl (C=O) groups excluding carboxylic acids is 1. The molecule has 1 N–H and O–H groups in total. The maximum atomic E-state index is 12.1. The van der Waals surface area contributed by atoms with Gasteiger partial charge in [-0.25, -0.2) is 0 Å². The molecule has 2 aliphatic heterocycles. The molecule has 4 nitrogen and oxygen atoms in total. The summed E-state index contributed by atoms with van der Waals surface area (Å²) < 4.78 is 5.81. The molecule has 0 bridgehead atoms. The zero-order valence-electron chi connectivity index (χ0n) is 11.8. The summed E-state index contributed by atoms with van der Waals surface area (Å²) >= 11 is 0. The highest BCUT2D eigenvalue weighted by Crippen LogP contribution is 2.23. The summed E-state index contributed by atoms with van der Waals surface area (Å²) in [5.41, 5.74) is 0. The lowest BCUT2D eigenvalue weighted by molar-refractivity contribution is -0.127. The van der Waals surface area contributed by atoms with E-state index in [4.69, 9.17) is 4.74 Å². The summed E-state index contributed by atoms with van der Waals surface area (Å²) in [4.78, 5) is 14.6. The van der Waals surface area contributed by atoms with Gasteiger partial charge in [0.15, 0.2) is 0 Å². The zero-order valence-corrected chi connectivity index (χ0v) is 11.8. The number of rotatable bonds is 4. The molecule has 0 spiro atoms. The third kappa shape index (κ3) is 3.93. The van der Waals surface area contributed by atoms with E-state index in [1.165, 1.54) is 32.1 Å². The van der Waals surface area contributed by atoms with Crippen LogP contribution in [0.15, 0.2) is 0 Å². The van der Waals surface area contributed by atoms with E-state index in [-0.39, 0.29) is 11.8 Å². The van der Waals surface area contributed by atoms with Crippen LogP contribution in [0.1, 0.15) is 44.9 Å². The molecule has 1 saturated carbocycles. The van der Waals surface area contributed by atoms with E-state index in [9.17, 15) is 4.79 Å². The first-order valence-corrected chi connectivity index (χ1v) is 7.95. The highest BCUT2D eigenvalue weighted by molar-refractivity contribution is 5.79. The lowest BCUT2D eigenvalue weighted by Crippen LogP contribution is -2.46. The summed E-state index contributed by atoms with van der Waals surface area (Å²) in [5, 5.41) is 3.15. The lowest BCUT2D eigenvalue weighted by atomic mass is 9.96. The molecule has 0 radical (unpaired) electrons. The van der Waals surface area contributed by atoms with Gasteiger partial charge >= 0.3 is 0 Å². The van der Waals surface area contributed by atoms with Crippen LogP contribution in [-0.4, -0.2) is 49.2 Å². The smallest absolute Gasteiger partial charge is 0.224 e. The molecule has 2 atom stereocenters. The Bertz CT molecular complexity index is 311. The molecule has 3 fully saturated rings. The minimum atomic E-state index is 0.206. The van der Waals surface area contributed by atoms with Crippen molar-refractivity contribution in [3.05, 3.63) is 0 Å². The molecule has 2 heterocycles. The summed E-state index contributed by atoms with van der Waals surface area (Å²) in [6, 6.07) is 0.490. The fraction of sp³-hybridized carbons (Fsp3) is 0.933. The van der Waals surface area contributed by atoms with Crippen LogP contribution in [0, 0.1) is 5.92 Å². The Balaban J connectivity index is 1.45. The molecule has 4 heteroatoms. The Morgan fingerprint density at radius 1 is 1.16 bits per heavy atom. The van der Waals surface area contributed by atoms with E-state index in [0.717, 1.165) is 39.1 Å². The number of amides is 1. The molecule has 1 aliphatic carbocycles. The molecule has 0 unspecified atom stereocenters. The van der Waals surface area contributed by atoms with Gasteiger partial charge in [0.1, 0.15) is 0 Å². The molecule has 1 amide bonds. The molecular weight excluding hydrogens is 240 g/mol. The third-order valence-corrected chi connectivity index (χ3v) is 4.54. The van der Waals surface area contributed by atoms with Gasteiger partial charge in [-0.3, -0.25) is 9.69 Å². The predicted octanol–water partition coefficient (Wildman–Crippen LogP) is 1.55. The minimum absolute atomic E-state index is 0.206. The molecule has 3 rings (SSSR count). The van der Waals surface area contributed by atoms with Crippen LogP contribution in [0.5, 0.6) is 0 Å². The van der Waals surface area contributed by atoms with Crippen LogP contribution in [0.4, 0.5) is 0 Å². The van der Waals surface area contributed by atoms with Crippen molar-refractivity contribution in [3.8, 4) is 0 Å². The second kappa shape index (κ2) is 6.23. The van der Waals surface area contributed by atoms with Gasteiger partial charge in [0.2, 0.25) is 5.91 Å². The van der Waals surface area contributed by atoms with Gasteiger partial charge in [-0.2, -0.15) is 0 Å². The highest BCUT2D eigenvalue weighted by atomic mass is 16.5. The van der Waals surface area contributed by atoms with Crippen molar-refractivity contribution in [2.24, 2.45) is 5.92 Å². The Kier molecular flexibility index (Phi) is 4.38. The van der Waals surface area contributed by atoms with Crippen LogP contribution >= 0.6 is 0 Å². The Morgan fingerprint density at radius 2 is 2.05 bits per heavy atom. The van der Waals surface area contributed by atoms with E-state index in [2.05, 4.69) is 10.2 Å². The Morgan fingerprint density at radius 3 is 2.79 bits per heavy atom. The number of nitrogens with zero attached hydrogens (tertiary/aromatic N) is 1. The zero-order chi connectivity index (χ0) is 13.1. The molecule has 2 saturated heterocycles. The maximum absolute atomic E-state index is 12.1. The second-order valence-corrected chi connectivity index (χ2v) is 6.37. The molecule has 3 aliphatic rings. The maximum Gasteiger partial charge on any atom is 0.224 e. The minimum Gasteiger partial charge on any atom is -0.377 e. The molecule has 0 aromatic carbocycles. The number of hydrogen-bond donors (Lipinski definition) is 1. The van der Waals surface area contributed by atoms with Crippen molar-refractivity contribution in [2.75, 3.05) is 26.2 Å². The number of ether oxygens (including phenoxy) is 1. The average molecular weight is 266 g/mol. The van der Waals surface area contributed by atoms with Gasteiger partial charge in [-0.1, -0.05) is 0 Å². The number of likely N-dealkylation sites (tertiary alicyclic amines) is 1. The van der Waals surface area contributed by atoms with E-state index in [1.54, 1.807) is 0 Å². The third-order valence-electron chi connectivity index (χ3n) is 4.54. The van der Waals surface area contributed by atoms with E-state index in [1.807, 2.05) is 0 Å². The first-order valence-electron chi connectivity index (χ1n) is 7.95. The normalized spacial score (nSPS) is 33.1. The first kappa shape index (κ1) is 13.4.